The maximum atomic E-state index is 12.9. The number of imidazole rings is 1. The molecule has 0 radical (unpaired) electrons. The van der Waals surface area contributed by atoms with Crippen LogP contribution in [0, 0.1) is 0 Å². The standard InChI is InChI=1S/C18H24N2O2/c1-18(2,22)12-13-19-15-10-6-7-11-16(15)20(17(19)21)14-8-4-3-5-9-14/h6-8,10-11,22H,3-5,9,12-13H2,1-2H3. The van der Waals surface area contributed by atoms with Gasteiger partial charge in [0.1, 0.15) is 0 Å². The molecule has 1 aliphatic carbocycles. The highest BCUT2D eigenvalue weighted by molar-refractivity contribution is 5.80. The van der Waals surface area contributed by atoms with Crippen molar-refractivity contribution in [1.82, 2.24) is 9.13 Å². The van der Waals surface area contributed by atoms with Crippen molar-refractivity contribution in [3.05, 3.63) is 40.8 Å². The molecule has 0 saturated carbocycles. The molecule has 1 aliphatic rings. The zero-order valence-corrected chi connectivity index (χ0v) is 13.4. The molecule has 0 saturated heterocycles. The van der Waals surface area contributed by atoms with Crippen LogP contribution in [0.15, 0.2) is 35.1 Å². The third-order valence-corrected chi connectivity index (χ3v) is 4.34. The van der Waals surface area contributed by atoms with E-state index in [9.17, 15) is 9.90 Å². The molecular weight excluding hydrogens is 276 g/mol. The number of aryl methyl sites for hydroxylation is 1. The lowest BCUT2D eigenvalue weighted by Crippen LogP contribution is -2.28. The summed E-state index contributed by atoms with van der Waals surface area (Å²) in [4.78, 5) is 12.9. The number of aromatic nitrogens is 2. The number of allylic oxidation sites excluding steroid dienone is 2. The average Bonchev–Trinajstić information content (AvgIpc) is 2.77. The average molecular weight is 300 g/mol. The van der Waals surface area contributed by atoms with Crippen LogP contribution in [0.25, 0.3) is 16.7 Å². The zero-order valence-electron chi connectivity index (χ0n) is 13.4. The molecular formula is C18H24N2O2. The predicted molar refractivity (Wildman–Crippen MR) is 89.9 cm³/mol. The molecule has 0 fully saturated rings. The minimum absolute atomic E-state index is 0.0126. The first kappa shape index (κ1) is 15.1. The number of para-hydroxylation sites is 2. The van der Waals surface area contributed by atoms with Gasteiger partial charge >= 0.3 is 5.69 Å². The quantitative estimate of drug-likeness (QED) is 0.941. The fraction of sp³-hybridized carbons (Fsp3) is 0.500. The van der Waals surface area contributed by atoms with Crippen LogP contribution >= 0.6 is 0 Å². The van der Waals surface area contributed by atoms with Crippen molar-refractivity contribution >= 4 is 16.7 Å². The highest BCUT2D eigenvalue weighted by Gasteiger charge is 2.19. The van der Waals surface area contributed by atoms with Crippen LogP contribution in [-0.2, 0) is 6.54 Å². The summed E-state index contributed by atoms with van der Waals surface area (Å²) in [6, 6.07) is 7.93. The van der Waals surface area contributed by atoms with Crippen LogP contribution in [-0.4, -0.2) is 19.8 Å². The second-order valence-corrected chi connectivity index (χ2v) is 6.76. The van der Waals surface area contributed by atoms with E-state index in [1.807, 2.05) is 28.8 Å². The van der Waals surface area contributed by atoms with Gasteiger partial charge in [0.25, 0.3) is 0 Å². The molecule has 0 spiro atoms. The molecule has 22 heavy (non-hydrogen) atoms. The Kier molecular flexibility index (Phi) is 3.96. The topological polar surface area (TPSA) is 47.2 Å². The van der Waals surface area contributed by atoms with E-state index in [-0.39, 0.29) is 5.69 Å². The molecule has 0 amide bonds. The van der Waals surface area contributed by atoms with Gasteiger partial charge in [-0.05, 0) is 58.1 Å². The van der Waals surface area contributed by atoms with Gasteiger partial charge in [-0.15, -0.1) is 0 Å². The Bertz CT molecular complexity index is 759. The van der Waals surface area contributed by atoms with Crippen LogP contribution in [0.2, 0.25) is 0 Å². The zero-order chi connectivity index (χ0) is 15.7. The van der Waals surface area contributed by atoms with E-state index in [2.05, 4.69) is 6.08 Å². The third kappa shape index (κ3) is 2.88. The fourth-order valence-electron chi connectivity index (χ4n) is 3.11. The van der Waals surface area contributed by atoms with Crippen LogP contribution in [0.1, 0.15) is 46.0 Å². The van der Waals surface area contributed by atoms with Gasteiger partial charge in [-0.25, -0.2) is 4.79 Å². The number of benzene rings is 1. The first-order valence-electron chi connectivity index (χ1n) is 8.09. The molecule has 2 aromatic rings. The second-order valence-electron chi connectivity index (χ2n) is 6.76. The SMILES string of the molecule is CC(C)(O)CCn1c(=O)n(C2=CCCCC2)c2ccccc21. The van der Waals surface area contributed by atoms with Gasteiger partial charge < -0.3 is 5.11 Å². The van der Waals surface area contributed by atoms with Gasteiger partial charge in [0.05, 0.1) is 16.6 Å². The van der Waals surface area contributed by atoms with Gasteiger partial charge in [0.15, 0.2) is 0 Å². The molecule has 0 aliphatic heterocycles. The number of fused-ring (bicyclic) bond motifs is 1. The maximum Gasteiger partial charge on any atom is 0.333 e. The minimum atomic E-state index is -0.771. The Hall–Kier alpha value is -1.81. The monoisotopic (exact) mass is 300 g/mol. The molecule has 1 heterocycles. The molecule has 4 heteroatoms. The number of aliphatic hydroxyl groups is 1. The summed E-state index contributed by atoms with van der Waals surface area (Å²) in [5.74, 6) is 0. The lowest BCUT2D eigenvalue weighted by atomic mass is 10.0. The largest absolute Gasteiger partial charge is 0.390 e. The Balaban J connectivity index is 2.11. The van der Waals surface area contributed by atoms with E-state index in [0.29, 0.717) is 13.0 Å². The summed E-state index contributed by atoms with van der Waals surface area (Å²) in [7, 11) is 0. The molecule has 4 nitrogen and oxygen atoms in total. The summed E-state index contributed by atoms with van der Waals surface area (Å²) < 4.78 is 3.65. The molecule has 118 valence electrons. The summed E-state index contributed by atoms with van der Waals surface area (Å²) >= 11 is 0. The van der Waals surface area contributed by atoms with Gasteiger partial charge in [0, 0.05) is 12.2 Å². The smallest absolute Gasteiger partial charge is 0.333 e. The van der Waals surface area contributed by atoms with Crippen LogP contribution in [0.5, 0.6) is 0 Å². The third-order valence-electron chi connectivity index (χ3n) is 4.34. The number of hydrogen-bond donors (Lipinski definition) is 1. The van der Waals surface area contributed by atoms with Crippen LogP contribution < -0.4 is 5.69 Å². The minimum Gasteiger partial charge on any atom is -0.390 e. The van der Waals surface area contributed by atoms with E-state index in [1.54, 1.807) is 18.4 Å². The molecule has 3 rings (SSSR count). The van der Waals surface area contributed by atoms with E-state index in [1.165, 1.54) is 6.42 Å². The van der Waals surface area contributed by atoms with Crippen molar-refractivity contribution in [3.63, 3.8) is 0 Å². The molecule has 1 N–H and O–H groups in total. The Morgan fingerprint density at radius 1 is 1.18 bits per heavy atom. The van der Waals surface area contributed by atoms with Crippen molar-refractivity contribution < 1.29 is 5.11 Å². The first-order valence-corrected chi connectivity index (χ1v) is 8.09. The molecule has 0 atom stereocenters. The Morgan fingerprint density at radius 2 is 1.91 bits per heavy atom. The fourth-order valence-corrected chi connectivity index (χ4v) is 3.11. The van der Waals surface area contributed by atoms with Crippen molar-refractivity contribution in [2.75, 3.05) is 0 Å². The van der Waals surface area contributed by atoms with Crippen molar-refractivity contribution in [1.29, 1.82) is 0 Å². The summed E-state index contributed by atoms with van der Waals surface area (Å²) in [5, 5.41) is 9.96. The highest BCUT2D eigenvalue weighted by Crippen LogP contribution is 2.25. The summed E-state index contributed by atoms with van der Waals surface area (Å²) in [5.41, 5.74) is 2.28. The van der Waals surface area contributed by atoms with Gasteiger partial charge in [-0.1, -0.05) is 18.2 Å². The van der Waals surface area contributed by atoms with E-state index in [4.69, 9.17) is 0 Å². The highest BCUT2D eigenvalue weighted by atomic mass is 16.3. The van der Waals surface area contributed by atoms with E-state index >= 15 is 0 Å². The number of rotatable bonds is 4. The van der Waals surface area contributed by atoms with Crippen molar-refractivity contribution in [2.24, 2.45) is 0 Å². The maximum absolute atomic E-state index is 12.9. The Labute approximate surface area is 130 Å². The first-order chi connectivity index (χ1) is 10.5. The van der Waals surface area contributed by atoms with Crippen molar-refractivity contribution in [3.8, 4) is 0 Å². The van der Waals surface area contributed by atoms with Gasteiger partial charge in [0.2, 0.25) is 0 Å². The number of hydrogen-bond acceptors (Lipinski definition) is 2. The molecule has 1 aromatic heterocycles. The molecule has 1 aromatic carbocycles. The van der Waals surface area contributed by atoms with Crippen LogP contribution in [0.4, 0.5) is 0 Å². The van der Waals surface area contributed by atoms with E-state index < -0.39 is 5.60 Å². The number of nitrogens with zero attached hydrogens (tertiary/aromatic N) is 2. The van der Waals surface area contributed by atoms with E-state index in [0.717, 1.165) is 36.0 Å². The van der Waals surface area contributed by atoms with Gasteiger partial charge in [-0.2, -0.15) is 0 Å². The Morgan fingerprint density at radius 3 is 2.55 bits per heavy atom. The van der Waals surface area contributed by atoms with Gasteiger partial charge in [-0.3, -0.25) is 9.13 Å². The predicted octanol–water partition coefficient (Wildman–Crippen LogP) is 3.38. The lowest BCUT2D eigenvalue weighted by molar-refractivity contribution is 0.0663. The second kappa shape index (κ2) is 5.76. The molecule has 0 bridgehead atoms. The van der Waals surface area contributed by atoms with Crippen LogP contribution in [0.3, 0.4) is 0 Å². The summed E-state index contributed by atoms with van der Waals surface area (Å²) in [6.45, 7) is 4.09. The summed E-state index contributed by atoms with van der Waals surface area (Å²) in [6.07, 6.45) is 7.10. The normalized spacial score (nSPS) is 16.0. The molecule has 0 unspecified atom stereocenters. The van der Waals surface area contributed by atoms with Crippen molar-refractivity contribution in [2.45, 2.75) is 58.1 Å². The lowest BCUT2D eigenvalue weighted by Gasteiger charge is -2.17.